The fraction of sp³-hybridized carbons (Fsp3) is 0.667. The van der Waals surface area contributed by atoms with Crippen molar-refractivity contribution < 1.29 is 14.3 Å². The van der Waals surface area contributed by atoms with Crippen LogP contribution in [-0.2, 0) is 14.3 Å². The number of hydrogen-bond donors (Lipinski definition) is 0. The van der Waals surface area contributed by atoms with Crippen molar-refractivity contribution in [2.45, 2.75) is 19.0 Å². The molecule has 1 fully saturated rings. The number of ether oxygens (including phenoxy) is 2. The molecule has 5 nitrogen and oxygen atoms in total. The summed E-state index contributed by atoms with van der Waals surface area (Å²) in [5.74, 6) is -0.240. The van der Waals surface area contributed by atoms with Crippen LogP contribution in [0.15, 0.2) is 17.1 Å². The standard InChI is InChI=1S/C12H18N2O3/c1-16-12(15)9-10-3-2-4-11(13-10)14-5-7-17-8-6-14/h2-3,11H,4-9H2,1H3. The molecule has 0 aromatic rings. The molecule has 2 rings (SSSR count). The largest absolute Gasteiger partial charge is 0.469 e. The number of dihydropyridines is 1. The summed E-state index contributed by atoms with van der Waals surface area (Å²) in [6.45, 7) is 3.35. The summed E-state index contributed by atoms with van der Waals surface area (Å²) in [6.07, 6.45) is 5.31. The molecule has 0 spiro atoms. The maximum atomic E-state index is 11.2. The van der Waals surface area contributed by atoms with Crippen LogP contribution in [0, 0.1) is 0 Å². The lowest BCUT2D eigenvalue weighted by atomic mass is 10.1. The minimum absolute atomic E-state index is 0.156. The zero-order chi connectivity index (χ0) is 12.1. The molecule has 0 bridgehead atoms. The second kappa shape index (κ2) is 5.93. The first-order valence-corrected chi connectivity index (χ1v) is 5.91. The van der Waals surface area contributed by atoms with Gasteiger partial charge in [0.05, 0.1) is 26.7 Å². The van der Waals surface area contributed by atoms with Crippen LogP contribution in [0.2, 0.25) is 0 Å². The topological polar surface area (TPSA) is 51.1 Å². The van der Waals surface area contributed by atoms with Gasteiger partial charge < -0.3 is 9.47 Å². The van der Waals surface area contributed by atoms with E-state index in [9.17, 15) is 4.79 Å². The molecule has 17 heavy (non-hydrogen) atoms. The fourth-order valence-electron chi connectivity index (χ4n) is 2.04. The maximum absolute atomic E-state index is 11.2. The average molecular weight is 238 g/mol. The van der Waals surface area contributed by atoms with Crippen LogP contribution in [0.3, 0.4) is 0 Å². The fourth-order valence-corrected chi connectivity index (χ4v) is 2.04. The minimum Gasteiger partial charge on any atom is -0.469 e. The molecule has 1 saturated heterocycles. The van der Waals surface area contributed by atoms with Crippen molar-refractivity contribution in [1.29, 1.82) is 0 Å². The molecule has 2 aliphatic rings. The van der Waals surface area contributed by atoms with E-state index in [-0.39, 0.29) is 18.6 Å². The smallest absolute Gasteiger partial charge is 0.311 e. The summed E-state index contributed by atoms with van der Waals surface area (Å²) in [5, 5.41) is 0. The molecule has 0 N–H and O–H groups in total. The first-order chi connectivity index (χ1) is 8.29. The van der Waals surface area contributed by atoms with Crippen molar-refractivity contribution in [2.75, 3.05) is 33.4 Å². The summed E-state index contributed by atoms with van der Waals surface area (Å²) in [7, 11) is 1.40. The van der Waals surface area contributed by atoms with Gasteiger partial charge in [0.2, 0.25) is 0 Å². The summed E-state index contributed by atoms with van der Waals surface area (Å²) in [5.41, 5.74) is 0.805. The van der Waals surface area contributed by atoms with E-state index < -0.39 is 0 Å². The molecule has 0 aromatic heterocycles. The van der Waals surface area contributed by atoms with Crippen molar-refractivity contribution in [3.8, 4) is 0 Å². The van der Waals surface area contributed by atoms with Gasteiger partial charge in [0.1, 0.15) is 6.17 Å². The van der Waals surface area contributed by atoms with Gasteiger partial charge in [-0.25, -0.2) is 0 Å². The van der Waals surface area contributed by atoms with Gasteiger partial charge in [-0.1, -0.05) is 6.08 Å². The first kappa shape index (κ1) is 12.3. The number of rotatable bonds is 3. The van der Waals surface area contributed by atoms with Crippen LogP contribution in [0.25, 0.3) is 0 Å². The molecular weight excluding hydrogens is 220 g/mol. The van der Waals surface area contributed by atoms with E-state index in [0.717, 1.165) is 38.4 Å². The van der Waals surface area contributed by atoms with Crippen molar-refractivity contribution in [1.82, 2.24) is 4.90 Å². The Bertz CT molecular complexity index is 333. The number of nitrogens with zero attached hydrogens (tertiary/aromatic N) is 2. The summed E-state index contributed by atoms with van der Waals surface area (Å²) in [6, 6.07) is 0. The van der Waals surface area contributed by atoms with Crippen molar-refractivity contribution in [2.24, 2.45) is 4.99 Å². The Morgan fingerprint density at radius 2 is 2.35 bits per heavy atom. The highest BCUT2D eigenvalue weighted by molar-refractivity contribution is 6.05. The molecule has 94 valence electrons. The Kier molecular flexibility index (Phi) is 4.28. The molecule has 2 aliphatic heterocycles. The predicted molar refractivity (Wildman–Crippen MR) is 64.0 cm³/mol. The van der Waals surface area contributed by atoms with Crippen LogP contribution in [-0.4, -0.2) is 56.2 Å². The average Bonchev–Trinajstić information content (AvgIpc) is 2.40. The summed E-state index contributed by atoms with van der Waals surface area (Å²) >= 11 is 0. The minimum atomic E-state index is -0.240. The Morgan fingerprint density at radius 3 is 3.06 bits per heavy atom. The second-order valence-corrected chi connectivity index (χ2v) is 4.14. The molecule has 0 amide bonds. The van der Waals surface area contributed by atoms with Crippen molar-refractivity contribution in [3.63, 3.8) is 0 Å². The Balaban J connectivity index is 1.95. The number of methoxy groups -OCH3 is 1. The summed E-state index contributed by atoms with van der Waals surface area (Å²) < 4.78 is 9.96. The van der Waals surface area contributed by atoms with Gasteiger partial charge in [-0.15, -0.1) is 0 Å². The molecule has 0 aromatic carbocycles. The number of allylic oxidation sites excluding steroid dienone is 1. The third kappa shape index (κ3) is 3.38. The second-order valence-electron chi connectivity index (χ2n) is 4.14. The van der Waals surface area contributed by atoms with Crippen LogP contribution in [0.1, 0.15) is 12.8 Å². The number of carbonyl (C=O) groups is 1. The number of morpholine rings is 1. The molecule has 0 aliphatic carbocycles. The van der Waals surface area contributed by atoms with E-state index in [1.165, 1.54) is 7.11 Å². The van der Waals surface area contributed by atoms with Crippen LogP contribution in [0.5, 0.6) is 0 Å². The van der Waals surface area contributed by atoms with Crippen LogP contribution < -0.4 is 0 Å². The maximum Gasteiger partial charge on any atom is 0.311 e. The lowest BCUT2D eigenvalue weighted by Crippen LogP contribution is -2.43. The highest BCUT2D eigenvalue weighted by atomic mass is 16.5. The Morgan fingerprint density at radius 1 is 1.59 bits per heavy atom. The van der Waals surface area contributed by atoms with Crippen molar-refractivity contribution >= 4 is 11.7 Å². The molecular formula is C12H18N2O3. The van der Waals surface area contributed by atoms with Crippen molar-refractivity contribution in [3.05, 3.63) is 12.2 Å². The quantitative estimate of drug-likeness (QED) is 0.676. The zero-order valence-electron chi connectivity index (χ0n) is 10.1. The molecule has 1 atom stereocenters. The van der Waals surface area contributed by atoms with E-state index in [2.05, 4.69) is 20.7 Å². The SMILES string of the molecule is COC(=O)CC1=NC(N2CCOCC2)CC=C1. The third-order valence-corrected chi connectivity index (χ3v) is 2.99. The lowest BCUT2D eigenvalue weighted by Gasteiger charge is -2.33. The Hall–Kier alpha value is -1.20. The van der Waals surface area contributed by atoms with E-state index in [1.807, 2.05) is 6.08 Å². The van der Waals surface area contributed by atoms with E-state index in [0.29, 0.717) is 0 Å². The molecule has 5 heteroatoms. The van der Waals surface area contributed by atoms with Crippen LogP contribution >= 0.6 is 0 Å². The number of carbonyl (C=O) groups excluding carboxylic acids is 1. The molecule has 0 saturated carbocycles. The predicted octanol–water partition coefficient (Wildman–Crippen LogP) is 0.609. The molecule has 0 radical (unpaired) electrons. The van der Waals surface area contributed by atoms with Gasteiger partial charge in [-0.3, -0.25) is 14.7 Å². The normalized spacial score (nSPS) is 25.5. The zero-order valence-corrected chi connectivity index (χ0v) is 10.1. The van der Waals surface area contributed by atoms with Gasteiger partial charge in [0, 0.05) is 25.2 Å². The highest BCUT2D eigenvalue weighted by Crippen LogP contribution is 2.15. The monoisotopic (exact) mass is 238 g/mol. The first-order valence-electron chi connectivity index (χ1n) is 5.91. The van der Waals surface area contributed by atoms with Gasteiger partial charge in [0.15, 0.2) is 0 Å². The summed E-state index contributed by atoms with van der Waals surface area (Å²) in [4.78, 5) is 18.1. The van der Waals surface area contributed by atoms with E-state index >= 15 is 0 Å². The number of aliphatic imine (C=N–C) groups is 1. The van der Waals surface area contributed by atoms with Gasteiger partial charge in [-0.2, -0.15) is 0 Å². The number of hydrogen-bond acceptors (Lipinski definition) is 5. The van der Waals surface area contributed by atoms with Crippen LogP contribution in [0.4, 0.5) is 0 Å². The molecule has 2 heterocycles. The third-order valence-electron chi connectivity index (χ3n) is 2.99. The Labute approximate surface area is 101 Å². The van der Waals surface area contributed by atoms with Gasteiger partial charge >= 0.3 is 5.97 Å². The highest BCUT2D eigenvalue weighted by Gasteiger charge is 2.21. The molecule has 1 unspecified atom stereocenters. The number of esters is 1. The van der Waals surface area contributed by atoms with Gasteiger partial charge in [-0.05, 0) is 6.08 Å². The van der Waals surface area contributed by atoms with E-state index in [4.69, 9.17) is 4.74 Å². The van der Waals surface area contributed by atoms with Gasteiger partial charge in [0.25, 0.3) is 0 Å². The lowest BCUT2D eigenvalue weighted by molar-refractivity contribution is -0.139. The van der Waals surface area contributed by atoms with E-state index in [1.54, 1.807) is 0 Å².